The van der Waals surface area contributed by atoms with E-state index >= 15 is 0 Å². The Labute approximate surface area is 136 Å². The van der Waals surface area contributed by atoms with Crippen LogP contribution in [0.15, 0.2) is 69.7 Å². The van der Waals surface area contributed by atoms with Crippen molar-refractivity contribution in [1.82, 2.24) is 0 Å². The van der Waals surface area contributed by atoms with Crippen LogP contribution in [-0.2, 0) is 0 Å². The average molecular weight is 316 g/mol. The highest BCUT2D eigenvalue weighted by Crippen LogP contribution is 2.42. The molecule has 24 heavy (non-hydrogen) atoms. The van der Waals surface area contributed by atoms with Crippen LogP contribution in [0.3, 0.4) is 0 Å². The summed E-state index contributed by atoms with van der Waals surface area (Å²) in [6.07, 6.45) is 1.64. The Morgan fingerprint density at radius 3 is 2.29 bits per heavy atom. The lowest BCUT2D eigenvalue weighted by Crippen LogP contribution is -1.80. The van der Waals surface area contributed by atoms with Gasteiger partial charge in [-0.1, -0.05) is 24.3 Å². The first-order valence-electron chi connectivity index (χ1n) is 7.56. The van der Waals surface area contributed by atoms with Crippen molar-refractivity contribution in [2.45, 2.75) is 0 Å². The molecule has 5 rings (SSSR count). The molecule has 3 aromatic carbocycles. The standard InChI is InChI=1S/C20H12O4/c21-16-9-14-15-8-13(18-6-3-7-23-18)11-4-1-2-5-12(11)20(15)24-19(14)10-17(16)22/h1-10,21-22H. The van der Waals surface area contributed by atoms with E-state index in [1.807, 2.05) is 42.5 Å². The van der Waals surface area contributed by atoms with Crippen molar-refractivity contribution in [2.75, 3.05) is 0 Å². The first-order valence-corrected chi connectivity index (χ1v) is 7.56. The molecule has 0 atom stereocenters. The van der Waals surface area contributed by atoms with E-state index in [1.165, 1.54) is 12.1 Å². The summed E-state index contributed by atoms with van der Waals surface area (Å²) in [5, 5.41) is 23.2. The highest BCUT2D eigenvalue weighted by molar-refractivity contribution is 6.19. The molecule has 2 aromatic heterocycles. The summed E-state index contributed by atoms with van der Waals surface area (Å²) in [7, 11) is 0. The van der Waals surface area contributed by atoms with Gasteiger partial charge in [0, 0.05) is 27.8 Å². The third kappa shape index (κ3) is 1.68. The van der Waals surface area contributed by atoms with Crippen molar-refractivity contribution < 1.29 is 19.0 Å². The molecule has 0 bridgehead atoms. The molecule has 2 heterocycles. The van der Waals surface area contributed by atoms with Gasteiger partial charge in [-0.2, -0.15) is 0 Å². The van der Waals surface area contributed by atoms with Crippen LogP contribution in [0, 0.1) is 0 Å². The predicted octanol–water partition coefficient (Wildman–Crippen LogP) is 5.41. The molecule has 0 radical (unpaired) electrons. The second-order valence-electron chi connectivity index (χ2n) is 5.76. The van der Waals surface area contributed by atoms with Crippen molar-refractivity contribution >= 4 is 32.7 Å². The quantitative estimate of drug-likeness (QED) is 0.406. The van der Waals surface area contributed by atoms with Crippen LogP contribution in [0.4, 0.5) is 0 Å². The van der Waals surface area contributed by atoms with Crippen LogP contribution in [-0.4, -0.2) is 10.2 Å². The lowest BCUT2D eigenvalue weighted by atomic mass is 9.99. The van der Waals surface area contributed by atoms with Gasteiger partial charge in [0.2, 0.25) is 0 Å². The third-order valence-electron chi connectivity index (χ3n) is 4.36. The molecule has 0 aliphatic carbocycles. The number of phenols is 2. The fraction of sp³-hybridized carbons (Fsp3) is 0. The number of furan rings is 2. The van der Waals surface area contributed by atoms with E-state index in [9.17, 15) is 10.2 Å². The topological polar surface area (TPSA) is 66.7 Å². The summed E-state index contributed by atoms with van der Waals surface area (Å²) in [6, 6.07) is 16.7. The van der Waals surface area contributed by atoms with Crippen LogP contribution < -0.4 is 0 Å². The van der Waals surface area contributed by atoms with Crippen molar-refractivity contribution in [3.8, 4) is 22.8 Å². The molecule has 4 heteroatoms. The predicted molar refractivity (Wildman–Crippen MR) is 92.3 cm³/mol. The Balaban J connectivity index is 2.02. The van der Waals surface area contributed by atoms with Crippen LogP contribution in [0.2, 0.25) is 0 Å². The Bertz CT molecular complexity index is 1210. The van der Waals surface area contributed by atoms with Gasteiger partial charge < -0.3 is 19.0 Å². The molecule has 2 N–H and O–H groups in total. The summed E-state index contributed by atoms with van der Waals surface area (Å²) in [4.78, 5) is 0. The molecule has 4 nitrogen and oxygen atoms in total. The van der Waals surface area contributed by atoms with Crippen LogP contribution in [0.25, 0.3) is 44.0 Å². The minimum atomic E-state index is -0.197. The van der Waals surface area contributed by atoms with E-state index in [0.717, 1.165) is 38.5 Å². The van der Waals surface area contributed by atoms with Crippen molar-refractivity contribution in [2.24, 2.45) is 0 Å². The Hall–Kier alpha value is -3.40. The molecule has 0 amide bonds. The van der Waals surface area contributed by atoms with Crippen molar-refractivity contribution in [1.29, 1.82) is 0 Å². The van der Waals surface area contributed by atoms with Crippen LogP contribution in [0.1, 0.15) is 0 Å². The zero-order valence-corrected chi connectivity index (χ0v) is 12.5. The van der Waals surface area contributed by atoms with Gasteiger partial charge in [-0.3, -0.25) is 0 Å². The van der Waals surface area contributed by atoms with Gasteiger partial charge in [-0.25, -0.2) is 0 Å². The Morgan fingerprint density at radius 1 is 0.708 bits per heavy atom. The van der Waals surface area contributed by atoms with Crippen LogP contribution >= 0.6 is 0 Å². The number of hydrogen-bond donors (Lipinski definition) is 2. The highest BCUT2D eigenvalue weighted by atomic mass is 16.3. The molecule has 5 aromatic rings. The Morgan fingerprint density at radius 2 is 1.50 bits per heavy atom. The maximum absolute atomic E-state index is 9.85. The van der Waals surface area contributed by atoms with Gasteiger partial charge in [0.05, 0.1) is 6.26 Å². The zero-order chi connectivity index (χ0) is 16.3. The molecule has 0 aliphatic heterocycles. The van der Waals surface area contributed by atoms with Gasteiger partial charge in [0.25, 0.3) is 0 Å². The third-order valence-corrected chi connectivity index (χ3v) is 4.36. The molecule has 0 aliphatic rings. The zero-order valence-electron chi connectivity index (χ0n) is 12.5. The van der Waals surface area contributed by atoms with Gasteiger partial charge in [0.1, 0.15) is 16.9 Å². The minimum Gasteiger partial charge on any atom is -0.504 e. The monoisotopic (exact) mass is 316 g/mol. The number of hydrogen-bond acceptors (Lipinski definition) is 4. The number of benzene rings is 3. The lowest BCUT2D eigenvalue weighted by Gasteiger charge is -2.05. The summed E-state index contributed by atoms with van der Waals surface area (Å²) in [5.74, 6) is 0.403. The first-order chi connectivity index (χ1) is 11.7. The Kier molecular flexibility index (Phi) is 2.48. The van der Waals surface area contributed by atoms with E-state index in [-0.39, 0.29) is 11.5 Å². The second kappa shape index (κ2) is 4.55. The first kappa shape index (κ1) is 13.1. The molecule has 116 valence electrons. The van der Waals surface area contributed by atoms with Crippen LogP contribution in [0.5, 0.6) is 11.5 Å². The number of aromatic hydroxyl groups is 2. The molecule has 0 saturated carbocycles. The number of fused-ring (bicyclic) bond motifs is 5. The second-order valence-corrected chi connectivity index (χ2v) is 5.76. The van der Waals surface area contributed by atoms with E-state index in [4.69, 9.17) is 8.83 Å². The largest absolute Gasteiger partial charge is 0.504 e. The molecule has 0 unspecified atom stereocenters. The molecule has 0 fully saturated rings. The number of rotatable bonds is 1. The van der Waals surface area contributed by atoms with Gasteiger partial charge in [-0.15, -0.1) is 0 Å². The van der Waals surface area contributed by atoms with E-state index in [0.29, 0.717) is 5.58 Å². The average Bonchev–Trinajstić information content (AvgIpc) is 3.23. The summed E-state index contributed by atoms with van der Waals surface area (Å²) < 4.78 is 11.6. The maximum Gasteiger partial charge on any atom is 0.161 e. The minimum absolute atomic E-state index is 0.169. The fourth-order valence-corrected chi connectivity index (χ4v) is 3.26. The molecular weight excluding hydrogens is 304 g/mol. The molecule has 0 saturated heterocycles. The van der Waals surface area contributed by atoms with Gasteiger partial charge in [0.15, 0.2) is 11.5 Å². The van der Waals surface area contributed by atoms with E-state index in [1.54, 1.807) is 6.26 Å². The fourth-order valence-electron chi connectivity index (χ4n) is 3.26. The molecular formula is C20H12O4. The lowest BCUT2D eigenvalue weighted by molar-refractivity contribution is 0.404. The van der Waals surface area contributed by atoms with Crippen molar-refractivity contribution in [3.05, 3.63) is 60.9 Å². The smallest absolute Gasteiger partial charge is 0.161 e. The summed E-state index contributed by atoms with van der Waals surface area (Å²) in [5.41, 5.74) is 2.21. The maximum atomic E-state index is 9.85. The summed E-state index contributed by atoms with van der Waals surface area (Å²) >= 11 is 0. The normalized spacial score (nSPS) is 11.7. The summed E-state index contributed by atoms with van der Waals surface area (Å²) in [6.45, 7) is 0. The van der Waals surface area contributed by atoms with E-state index < -0.39 is 0 Å². The van der Waals surface area contributed by atoms with Gasteiger partial charge in [-0.05, 0) is 29.7 Å². The van der Waals surface area contributed by atoms with E-state index in [2.05, 4.69) is 0 Å². The van der Waals surface area contributed by atoms with Crippen molar-refractivity contribution in [3.63, 3.8) is 0 Å². The van der Waals surface area contributed by atoms with Gasteiger partial charge >= 0.3 is 0 Å². The molecule has 0 spiro atoms. The number of phenolic OH excluding ortho intramolecular Hbond substituents is 2. The SMILES string of the molecule is Oc1cc2oc3c4ccccc4c(-c4ccco4)cc3c2cc1O. The highest BCUT2D eigenvalue weighted by Gasteiger charge is 2.17.